The predicted molar refractivity (Wildman–Crippen MR) is 116 cm³/mol. The van der Waals surface area contributed by atoms with Crippen LogP contribution in [-0.4, -0.2) is 60.7 Å². The van der Waals surface area contributed by atoms with Gasteiger partial charge in [0.25, 0.3) is 0 Å². The Kier molecular flexibility index (Phi) is 6.44. The second kappa shape index (κ2) is 9.58. The molecule has 3 aromatic rings. The molecule has 4 rings (SSSR count). The summed E-state index contributed by atoms with van der Waals surface area (Å²) in [6.07, 6.45) is 3.86. The van der Waals surface area contributed by atoms with Gasteiger partial charge >= 0.3 is 0 Å². The molecule has 0 aliphatic carbocycles. The molecular formula is C23H27N3O3. The lowest BCUT2D eigenvalue weighted by molar-refractivity contribution is 0.0368. The Morgan fingerprint density at radius 2 is 1.86 bits per heavy atom. The van der Waals surface area contributed by atoms with E-state index in [1.807, 2.05) is 48.5 Å². The highest BCUT2D eigenvalue weighted by molar-refractivity contribution is 6.02. The van der Waals surface area contributed by atoms with Crippen LogP contribution in [0.5, 0.6) is 11.6 Å². The zero-order valence-corrected chi connectivity index (χ0v) is 16.5. The maximum atomic E-state index is 10.1. The minimum absolute atomic E-state index is 0.131. The van der Waals surface area contributed by atoms with Gasteiger partial charge in [-0.15, -0.1) is 0 Å². The highest BCUT2D eigenvalue weighted by Crippen LogP contribution is 2.26. The molecule has 152 valence electrons. The van der Waals surface area contributed by atoms with Crippen LogP contribution in [0.15, 0.2) is 53.5 Å². The summed E-state index contributed by atoms with van der Waals surface area (Å²) in [6.45, 7) is 5.62. The van der Waals surface area contributed by atoms with E-state index in [-0.39, 0.29) is 5.88 Å². The van der Waals surface area contributed by atoms with Gasteiger partial charge in [-0.1, -0.05) is 18.2 Å². The lowest BCUT2D eigenvalue weighted by atomic mass is 10.2. The predicted octanol–water partition coefficient (Wildman–Crippen LogP) is 4.12. The number of hydrogen-bond acceptors (Lipinski definition) is 5. The molecule has 2 aromatic carbocycles. The molecule has 0 amide bonds. The monoisotopic (exact) mass is 393 g/mol. The van der Waals surface area contributed by atoms with Crippen LogP contribution in [0.3, 0.4) is 0 Å². The summed E-state index contributed by atoms with van der Waals surface area (Å²) in [5.74, 6) is 0.984. The standard InChI is InChI=1S/C23H27N3O3/c27-23-21(20-5-1-2-6-22(20)25-23)17-24-18-7-9-19(10-8-18)29-14-4-3-11-26-12-15-28-16-13-26/h1-2,5-10,17,25,27H,3-4,11-16H2. The highest BCUT2D eigenvalue weighted by Gasteiger charge is 2.09. The van der Waals surface area contributed by atoms with Crippen molar-refractivity contribution in [2.24, 2.45) is 4.99 Å². The van der Waals surface area contributed by atoms with Crippen molar-refractivity contribution in [1.82, 2.24) is 9.88 Å². The quantitative estimate of drug-likeness (QED) is 0.446. The number of morpholine rings is 1. The van der Waals surface area contributed by atoms with Gasteiger partial charge in [-0.05, 0) is 49.7 Å². The minimum atomic E-state index is 0.131. The van der Waals surface area contributed by atoms with Crippen LogP contribution in [-0.2, 0) is 4.74 Å². The normalized spacial score (nSPS) is 15.3. The van der Waals surface area contributed by atoms with E-state index >= 15 is 0 Å². The van der Waals surface area contributed by atoms with Crippen molar-refractivity contribution in [3.05, 3.63) is 54.1 Å². The van der Waals surface area contributed by atoms with Gasteiger partial charge in [0.15, 0.2) is 5.88 Å². The van der Waals surface area contributed by atoms with E-state index in [2.05, 4.69) is 14.9 Å². The Labute approximate surface area is 170 Å². The second-order valence-corrected chi connectivity index (χ2v) is 7.19. The Morgan fingerprint density at radius 1 is 1.07 bits per heavy atom. The van der Waals surface area contributed by atoms with Gasteiger partial charge in [0.2, 0.25) is 0 Å². The van der Waals surface area contributed by atoms with Gasteiger partial charge in [-0.3, -0.25) is 9.89 Å². The molecule has 0 saturated carbocycles. The lowest BCUT2D eigenvalue weighted by Crippen LogP contribution is -2.36. The number of aromatic amines is 1. The van der Waals surface area contributed by atoms with Crippen molar-refractivity contribution in [3.8, 4) is 11.6 Å². The van der Waals surface area contributed by atoms with Crippen LogP contribution in [0.1, 0.15) is 18.4 Å². The van der Waals surface area contributed by atoms with Crippen molar-refractivity contribution in [2.45, 2.75) is 12.8 Å². The van der Waals surface area contributed by atoms with Crippen molar-refractivity contribution in [1.29, 1.82) is 0 Å². The van der Waals surface area contributed by atoms with Crippen molar-refractivity contribution < 1.29 is 14.6 Å². The van der Waals surface area contributed by atoms with Gasteiger partial charge in [0.1, 0.15) is 5.75 Å². The molecular weight excluding hydrogens is 366 g/mol. The first-order valence-electron chi connectivity index (χ1n) is 10.2. The maximum Gasteiger partial charge on any atom is 0.198 e. The third-order valence-electron chi connectivity index (χ3n) is 5.15. The van der Waals surface area contributed by atoms with Gasteiger partial charge in [-0.2, -0.15) is 0 Å². The average Bonchev–Trinajstić information content (AvgIpc) is 3.08. The first-order chi connectivity index (χ1) is 14.3. The van der Waals surface area contributed by atoms with Crippen LogP contribution in [0.4, 0.5) is 5.69 Å². The Bertz CT molecular complexity index is 944. The van der Waals surface area contributed by atoms with E-state index in [4.69, 9.17) is 9.47 Å². The topological polar surface area (TPSA) is 70.1 Å². The van der Waals surface area contributed by atoms with Gasteiger partial charge in [-0.25, -0.2) is 0 Å². The van der Waals surface area contributed by atoms with Crippen molar-refractivity contribution >= 4 is 22.8 Å². The summed E-state index contributed by atoms with van der Waals surface area (Å²) in [5, 5.41) is 11.1. The summed E-state index contributed by atoms with van der Waals surface area (Å²) < 4.78 is 11.2. The summed E-state index contributed by atoms with van der Waals surface area (Å²) in [4.78, 5) is 9.89. The third-order valence-corrected chi connectivity index (χ3v) is 5.15. The van der Waals surface area contributed by atoms with E-state index in [1.54, 1.807) is 6.21 Å². The SMILES string of the molecule is Oc1[nH]c2ccccc2c1C=Nc1ccc(OCCCCN2CCOCC2)cc1. The van der Waals surface area contributed by atoms with Crippen LogP contribution in [0.2, 0.25) is 0 Å². The molecule has 1 fully saturated rings. The molecule has 6 nitrogen and oxygen atoms in total. The summed E-state index contributed by atoms with van der Waals surface area (Å²) in [5.41, 5.74) is 2.40. The zero-order chi connectivity index (χ0) is 19.9. The Balaban J connectivity index is 1.25. The van der Waals surface area contributed by atoms with Crippen molar-refractivity contribution in [2.75, 3.05) is 39.5 Å². The molecule has 1 aromatic heterocycles. The molecule has 0 unspecified atom stereocenters. The number of unbranched alkanes of at least 4 members (excludes halogenated alkanes) is 1. The number of hydrogen-bond donors (Lipinski definition) is 2. The number of ether oxygens (including phenoxy) is 2. The van der Waals surface area contributed by atoms with E-state index in [0.717, 1.165) is 74.6 Å². The fourth-order valence-electron chi connectivity index (χ4n) is 3.50. The number of nitrogens with zero attached hydrogens (tertiary/aromatic N) is 2. The Hall–Kier alpha value is -2.83. The molecule has 6 heteroatoms. The van der Waals surface area contributed by atoms with Crippen LogP contribution >= 0.6 is 0 Å². The van der Waals surface area contributed by atoms with E-state index in [1.165, 1.54) is 0 Å². The number of aromatic nitrogens is 1. The molecule has 0 spiro atoms. The fourth-order valence-corrected chi connectivity index (χ4v) is 3.50. The van der Waals surface area contributed by atoms with Crippen LogP contribution in [0.25, 0.3) is 10.9 Å². The molecule has 0 radical (unpaired) electrons. The number of benzene rings is 2. The number of aromatic hydroxyl groups is 1. The first kappa shape index (κ1) is 19.5. The summed E-state index contributed by atoms with van der Waals surface area (Å²) in [7, 11) is 0. The smallest absolute Gasteiger partial charge is 0.198 e. The lowest BCUT2D eigenvalue weighted by Gasteiger charge is -2.26. The molecule has 1 aliphatic rings. The average molecular weight is 393 g/mol. The molecule has 2 N–H and O–H groups in total. The second-order valence-electron chi connectivity index (χ2n) is 7.19. The molecule has 2 heterocycles. The molecule has 1 saturated heterocycles. The third kappa shape index (κ3) is 5.16. The van der Waals surface area contributed by atoms with Crippen molar-refractivity contribution in [3.63, 3.8) is 0 Å². The highest BCUT2D eigenvalue weighted by atomic mass is 16.5. The minimum Gasteiger partial charge on any atom is -0.494 e. The van der Waals surface area contributed by atoms with Gasteiger partial charge in [0, 0.05) is 30.2 Å². The number of para-hydroxylation sites is 1. The number of rotatable bonds is 8. The fraction of sp³-hybridized carbons (Fsp3) is 0.348. The van der Waals surface area contributed by atoms with E-state index in [0.29, 0.717) is 5.56 Å². The largest absolute Gasteiger partial charge is 0.494 e. The molecule has 0 atom stereocenters. The summed E-state index contributed by atoms with van der Waals surface area (Å²) in [6, 6.07) is 15.5. The number of aliphatic imine (C=N–C) groups is 1. The van der Waals surface area contributed by atoms with E-state index in [9.17, 15) is 5.11 Å². The zero-order valence-electron chi connectivity index (χ0n) is 16.5. The molecule has 0 bridgehead atoms. The van der Waals surface area contributed by atoms with E-state index < -0.39 is 0 Å². The molecule has 29 heavy (non-hydrogen) atoms. The summed E-state index contributed by atoms with van der Waals surface area (Å²) >= 11 is 0. The Morgan fingerprint density at radius 3 is 2.69 bits per heavy atom. The van der Waals surface area contributed by atoms with Gasteiger partial charge < -0.3 is 19.6 Å². The van der Waals surface area contributed by atoms with Gasteiger partial charge in [0.05, 0.1) is 31.1 Å². The first-order valence-corrected chi connectivity index (χ1v) is 10.2. The molecule has 1 aliphatic heterocycles. The van der Waals surface area contributed by atoms with Crippen LogP contribution < -0.4 is 4.74 Å². The maximum absolute atomic E-state index is 10.1. The number of H-pyrrole nitrogens is 1. The number of fused-ring (bicyclic) bond motifs is 1. The van der Waals surface area contributed by atoms with Crippen LogP contribution in [0, 0.1) is 0 Å². The number of nitrogens with one attached hydrogen (secondary N) is 1.